The van der Waals surface area contributed by atoms with Gasteiger partial charge in [0, 0.05) is 18.5 Å². The van der Waals surface area contributed by atoms with Crippen LogP contribution < -0.4 is 5.73 Å². The van der Waals surface area contributed by atoms with Crippen molar-refractivity contribution in [2.24, 2.45) is 17.6 Å². The van der Waals surface area contributed by atoms with Gasteiger partial charge in [0.1, 0.15) is 0 Å². The standard InChI is InChI=1S/C13H28N2O/c1-10(2)9-15(11(3)4)13(16)12(5)7-6-8-14/h10-12H,6-9,14H2,1-5H3. The first-order valence-corrected chi connectivity index (χ1v) is 6.40. The van der Waals surface area contributed by atoms with E-state index in [-0.39, 0.29) is 17.9 Å². The van der Waals surface area contributed by atoms with E-state index in [4.69, 9.17) is 5.73 Å². The highest BCUT2D eigenvalue weighted by molar-refractivity contribution is 5.78. The average molecular weight is 228 g/mol. The number of hydrogen-bond acceptors (Lipinski definition) is 2. The van der Waals surface area contributed by atoms with Gasteiger partial charge < -0.3 is 10.6 Å². The molecule has 16 heavy (non-hydrogen) atoms. The predicted molar refractivity (Wildman–Crippen MR) is 69.1 cm³/mol. The molecular weight excluding hydrogens is 200 g/mol. The summed E-state index contributed by atoms with van der Waals surface area (Å²) in [4.78, 5) is 14.2. The second-order valence-electron chi connectivity index (χ2n) is 5.31. The molecule has 0 saturated carbocycles. The molecule has 0 saturated heterocycles. The lowest BCUT2D eigenvalue weighted by molar-refractivity contribution is -0.137. The van der Waals surface area contributed by atoms with E-state index in [1.807, 2.05) is 11.8 Å². The van der Waals surface area contributed by atoms with E-state index in [2.05, 4.69) is 27.7 Å². The first-order valence-electron chi connectivity index (χ1n) is 6.40. The van der Waals surface area contributed by atoms with E-state index in [1.165, 1.54) is 0 Å². The molecule has 0 spiro atoms. The number of rotatable bonds is 7. The van der Waals surface area contributed by atoms with Crippen LogP contribution >= 0.6 is 0 Å². The van der Waals surface area contributed by atoms with Crippen LogP contribution in [0, 0.1) is 11.8 Å². The molecule has 0 radical (unpaired) electrons. The highest BCUT2D eigenvalue weighted by Crippen LogP contribution is 2.13. The monoisotopic (exact) mass is 228 g/mol. The van der Waals surface area contributed by atoms with Gasteiger partial charge in [-0.1, -0.05) is 20.8 Å². The Morgan fingerprint density at radius 2 is 1.75 bits per heavy atom. The molecule has 0 aliphatic rings. The van der Waals surface area contributed by atoms with Crippen molar-refractivity contribution in [3.63, 3.8) is 0 Å². The summed E-state index contributed by atoms with van der Waals surface area (Å²) in [5.74, 6) is 0.898. The van der Waals surface area contributed by atoms with Crippen LogP contribution in [0.4, 0.5) is 0 Å². The van der Waals surface area contributed by atoms with Crippen LogP contribution in [0.3, 0.4) is 0 Å². The van der Waals surface area contributed by atoms with E-state index in [0.29, 0.717) is 12.5 Å². The number of amides is 1. The maximum absolute atomic E-state index is 12.2. The van der Waals surface area contributed by atoms with Crippen molar-refractivity contribution in [3.8, 4) is 0 Å². The van der Waals surface area contributed by atoms with Crippen LogP contribution in [0.2, 0.25) is 0 Å². The number of carbonyl (C=O) groups is 1. The normalized spacial score (nSPS) is 13.2. The molecular formula is C13H28N2O. The fourth-order valence-electron chi connectivity index (χ4n) is 1.78. The van der Waals surface area contributed by atoms with E-state index in [1.54, 1.807) is 0 Å². The Labute approximate surface area is 100 Å². The Morgan fingerprint density at radius 3 is 2.12 bits per heavy atom. The van der Waals surface area contributed by atoms with E-state index in [0.717, 1.165) is 19.4 Å². The van der Waals surface area contributed by atoms with Gasteiger partial charge in [0.25, 0.3) is 0 Å². The summed E-state index contributed by atoms with van der Waals surface area (Å²) in [6.07, 6.45) is 1.83. The molecule has 0 aromatic rings. The first-order chi connectivity index (χ1) is 7.40. The van der Waals surface area contributed by atoms with Crippen LogP contribution in [-0.4, -0.2) is 29.9 Å². The van der Waals surface area contributed by atoms with Crippen LogP contribution in [-0.2, 0) is 4.79 Å². The lowest BCUT2D eigenvalue weighted by Gasteiger charge is -2.31. The van der Waals surface area contributed by atoms with Gasteiger partial charge in [-0.3, -0.25) is 4.79 Å². The largest absolute Gasteiger partial charge is 0.340 e. The van der Waals surface area contributed by atoms with Gasteiger partial charge in [0.2, 0.25) is 5.91 Å². The minimum absolute atomic E-state index is 0.102. The van der Waals surface area contributed by atoms with Gasteiger partial charge in [-0.2, -0.15) is 0 Å². The molecule has 0 rings (SSSR count). The van der Waals surface area contributed by atoms with Gasteiger partial charge in [-0.15, -0.1) is 0 Å². The molecule has 0 aliphatic carbocycles. The number of nitrogens with two attached hydrogens (primary N) is 1. The summed E-state index contributed by atoms with van der Waals surface area (Å²) in [6.45, 7) is 12.0. The molecule has 0 bridgehead atoms. The Bertz CT molecular complexity index is 202. The number of nitrogens with zero attached hydrogens (tertiary/aromatic N) is 1. The summed E-state index contributed by atoms with van der Waals surface area (Å²) < 4.78 is 0. The van der Waals surface area contributed by atoms with Gasteiger partial charge >= 0.3 is 0 Å². The van der Waals surface area contributed by atoms with Crippen molar-refractivity contribution < 1.29 is 4.79 Å². The Kier molecular flexibility index (Phi) is 7.39. The summed E-state index contributed by atoms with van der Waals surface area (Å²) in [5.41, 5.74) is 5.47. The topological polar surface area (TPSA) is 46.3 Å². The van der Waals surface area contributed by atoms with Crippen LogP contribution in [0.15, 0.2) is 0 Å². The fourth-order valence-corrected chi connectivity index (χ4v) is 1.78. The molecule has 0 aromatic heterocycles. The van der Waals surface area contributed by atoms with Crippen molar-refractivity contribution >= 4 is 5.91 Å². The number of hydrogen-bond donors (Lipinski definition) is 1. The smallest absolute Gasteiger partial charge is 0.225 e. The third kappa shape index (κ3) is 5.50. The minimum Gasteiger partial charge on any atom is -0.340 e. The van der Waals surface area contributed by atoms with Gasteiger partial charge in [0.15, 0.2) is 0 Å². The lowest BCUT2D eigenvalue weighted by Crippen LogP contribution is -2.42. The van der Waals surface area contributed by atoms with E-state index < -0.39 is 0 Å². The summed E-state index contributed by atoms with van der Waals surface area (Å²) in [5, 5.41) is 0. The lowest BCUT2D eigenvalue weighted by atomic mass is 10.0. The molecule has 1 unspecified atom stereocenters. The quantitative estimate of drug-likeness (QED) is 0.726. The summed E-state index contributed by atoms with van der Waals surface area (Å²) in [7, 11) is 0. The van der Waals surface area contributed by atoms with Crippen molar-refractivity contribution in [2.45, 2.75) is 53.5 Å². The fraction of sp³-hybridized carbons (Fsp3) is 0.923. The van der Waals surface area contributed by atoms with E-state index in [9.17, 15) is 4.79 Å². The van der Waals surface area contributed by atoms with Crippen LogP contribution in [0.1, 0.15) is 47.5 Å². The maximum Gasteiger partial charge on any atom is 0.225 e. The zero-order chi connectivity index (χ0) is 12.7. The highest BCUT2D eigenvalue weighted by atomic mass is 16.2. The van der Waals surface area contributed by atoms with Crippen molar-refractivity contribution in [2.75, 3.05) is 13.1 Å². The SMILES string of the molecule is CC(C)CN(C(=O)C(C)CCCN)C(C)C. The molecule has 0 aromatic carbocycles. The molecule has 96 valence electrons. The third-order valence-electron chi connectivity index (χ3n) is 2.73. The highest BCUT2D eigenvalue weighted by Gasteiger charge is 2.22. The van der Waals surface area contributed by atoms with Crippen molar-refractivity contribution in [1.29, 1.82) is 0 Å². The molecule has 3 heteroatoms. The Hall–Kier alpha value is -0.570. The molecule has 0 heterocycles. The van der Waals surface area contributed by atoms with Gasteiger partial charge in [-0.25, -0.2) is 0 Å². The summed E-state index contributed by atoms with van der Waals surface area (Å²) in [6, 6.07) is 0.287. The molecule has 2 N–H and O–H groups in total. The second-order valence-corrected chi connectivity index (χ2v) is 5.31. The Balaban J connectivity index is 4.36. The second kappa shape index (κ2) is 7.66. The van der Waals surface area contributed by atoms with Gasteiger partial charge in [0.05, 0.1) is 0 Å². The molecule has 1 amide bonds. The van der Waals surface area contributed by atoms with Crippen molar-refractivity contribution in [3.05, 3.63) is 0 Å². The molecule has 0 fully saturated rings. The van der Waals surface area contributed by atoms with Crippen LogP contribution in [0.25, 0.3) is 0 Å². The zero-order valence-corrected chi connectivity index (χ0v) is 11.5. The predicted octanol–water partition coefficient (Wildman–Crippen LogP) is 2.25. The zero-order valence-electron chi connectivity index (χ0n) is 11.5. The summed E-state index contributed by atoms with van der Waals surface area (Å²) >= 11 is 0. The Morgan fingerprint density at radius 1 is 1.19 bits per heavy atom. The van der Waals surface area contributed by atoms with E-state index >= 15 is 0 Å². The first kappa shape index (κ1) is 15.4. The van der Waals surface area contributed by atoms with Crippen molar-refractivity contribution in [1.82, 2.24) is 4.90 Å². The number of carbonyl (C=O) groups excluding carboxylic acids is 1. The third-order valence-corrected chi connectivity index (χ3v) is 2.73. The molecule has 3 nitrogen and oxygen atoms in total. The average Bonchev–Trinajstić information content (AvgIpc) is 2.20. The minimum atomic E-state index is 0.102. The van der Waals surface area contributed by atoms with Gasteiger partial charge in [-0.05, 0) is 39.2 Å². The van der Waals surface area contributed by atoms with Crippen LogP contribution in [0.5, 0.6) is 0 Å². The molecule has 0 aliphatic heterocycles. The molecule has 1 atom stereocenters. The maximum atomic E-state index is 12.2.